The minimum atomic E-state index is -0.428. The van der Waals surface area contributed by atoms with E-state index in [2.05, 4.69) is 35.6 Å². The number of hydrogen-bond acceptors (Lipinski definition) is 3. The van der Waals surface area contributed by atoms with Gasteiger partial charge in [0.05, 0.1) is 24.9 Å². The Morgan fingerprint density at radius 2 is 1.90 bits per heavy atom. The summed E-state index contributed by atoms with van der Waals surface area (Å²) in [5.74, 6) is 0. The summed E-state index contributed by atoms with van der Waals surface area (Å²) in [6.45, 7) is 0.414. The van der Waals surface area contributed by atoms with Gasteiger partial charge in [-0.15, -0.1) is 0 Å². The maximum absolute atomic E-state index is 10.0. The van der Waals surface area contributed by atoms with E-state index in [9.17, 15) is 5.11 Å². The van der Waals surface area contributed by atoms with Crippen LogP contribution in [0.5, 0.6) is 0 Å². The average Bonchev–Trinajstić information content (AvgIpc) is 2.51. The molecule has 0 unspecified atom stereocenters. The largest absolute Gasteiger partial charge is 0.389 e. The van der Waals surface area contributed by atoms with Crippen molar-refractivity contribution in [1.29, 1.82) is 0 Å². The number of rotatable bonds is 1. The van der Waals surface area contributed by atoms with Crippen LogP contribution in [-0.4, -0.2) is 23.9 Å². The van der Waals surface area contributed by atoms with Gasteiger partial charge in [-0.3, -0.25) is 0 Å². The Morgan fingerprint density at radius 1 is 1.05 bits per heavy atom. The van der Waals surface area contributed by atoms with Crippen molar-refractivity contribution in [3.63, 3.8) is 0 Å². The van der Waals surface area contributed by atoms with Crippen molar-refractivity contribution in [2.24, 2.45) is 0 Å². The first-order chi connectivity index (χ1) is 9.83. The van der Waals surface area contributed by atoms with Gasteiger partial charge in [0.15, 0.2) is 0 Å². The van der Waals surface area contributed by atoms with Crippen LogP contribution in [0.15, 0.2) is 48.5 Å². The summed E-state index contributed by atoms with van der Waals surface area (Å²) < 4.78 is 5.79. The summed E-state index contributed by atoms with van der Waals surface area (Å²) in [5, 5.41) is 13.5. The fraction of sp³-hybridized carbons (Fsp3) is 0.294. The SMILES string of the molecule is O[C@@H]1CO[C@@H]2C[C@H]1Nc1c(-c3ccccc3)cccc12. The number of nitrogens with one attached hydrogen (secondary N) is 1. The minimum Gasteiger partial charge on any atom is -0.389 e. The van der Waals surface area contributed by atoms with E-state index in [1.165, 1.54) is 16.7 Å². The molecule has 0 aliphatic carbocycles. The lowest BCUT2D eigenvalue weighted by Crippen LogP contribution is -2.46. The van der Waals surface area contributed by atoms with E-state index in [-0.39, 0.29) is 12.1 Å². The van der Waals surface area contributed by atoms with Crippen molar-refractivity contribution in [1.82, 2.24) is 0 Å². The topological polar surface area (TPSA) is 41.5 Å². The Bertz CT molecular complexity index is 626. The van der Waals surface area contributed by atoms with Gasteiger partial charge >= 0.3 is 0 Å². The summed E-state index contributed by atoms with van der Waals surface area (Å²) in [6.07, 6.45) is 0.512. The number of fused-ring (bicyclic) bond motifs is 4. The summed E-state index contributed by atoms with van der Waals surface area (Å²) in [7, 11) is 0. The fourth-order valence-corrected chi connectivity index (χ4v) is 3.20. The smallest absolute Gasteiger partial charge is 0.0975 e. The van der Waals surface area contributed by atoms with Crippen molar-refractivity contribution in [3.05, 3.63) is 54.1 Å². The molecule has 0 saturated carbocycles. The van der Waals surface area contributed by atoms with E-state index >= 15 is 0 Å². The Balaban J connectivity index is 1.84. The number of para-hydroxylation sites is 1. The predicted molar refractivity (Wildman–Crippen MR) is 78.6 cm³/mol. The molecule has 2 bridgehead atoms. The standard InChI is InChI=1S/C17H17NO2/c19-15-10-20-16-9-14(15)18-17-12(7-4-8-13(16)17)11-5-2-1-3-6-11/h1-8,14-16,18-19H,9-10H2/t14-,15-,16-/m1/s1. The average molecular weight is 267 g/mol. The van der Waals surface area contributed by atoms with E-state index in [0.29, 0.717) is 6.61 Å². The third-order valence-electron chi connectivity index (χ3n) is 4.26. The maximum Gasteiger partial charge on any atom is 0.0975 e. The molecule has 102 valence electrons. The highest BCUT2D eigenvalue weighted by Crippen LogP contribution is 2.43. The van der Waals surface area contributed by atoms with Crippen LogP contribution in [0.25, 0.3) is 11.1 Å². The zero-order chi connectivity index (χ0) is 13.5. The highest BCUT2D eigenvalue weighted by atomic mass is 16.5. The van der Waals surface area contributed by atoms with Crippen LogP contribution in [-0.2, 0) is 4.74 Å². The van der Waals surface area contributed by atoms with Gasteiger partial charge in [-0.25, -0.2) is 0 Å². The van der Waals surface area contributed by atoms with Gasteiger partial charge in [-0.05, 0) is 5.56 Å². The molecule has 2 aliphatic heterocycles. The van der Waals surface area contributed by atoms with Gasteiger partial charge in [-0.1, -0.05) is 48.5 Å². The number of benzene rings is 2. The van der Waals surface area contributed by atoms with E-state index < -0.39 is 6.10 Å². The first-order valence-electron chi connectivity index (χ1n) is 7.07. The van der Waals surface area contributed by atoms with Crippen LogP contribution in [0.2, 0.25) is 0 Å². The zero-order valence-electron chi connectivity index (χ0n) is 11.1. The van der Waals surface area contributed by atoms with Gasteiger partial charge in [-0.2, -0.15) is 0 Å². The molecule has 0 radical (unpaired) electrons. The molecule has 2 heterocycles. The van der Waals surface area contributed by atoms with Crippen molar-refractivity contribution >= 4 is 5.69 Å². The van der Waals surface area contributed by atoms with E-state index in [0.717, 1.165) is 12.1 Å². The lowest BCUT2D eigenvalue weighted by Gasteiger charge is -2.41. The van der Waals surface area contributed by atoms with Crippen LogP contribution >= 0.6 is 0 Å². The predicted octanol–water partition coefficient (Wildman–Crippen LogP) is 2.97. The van der Waals surface area contributed by atoms with Gasteiger partial charge in [0.2, 0.25) is 0 Å². The van der Waals surface area contributed by atoms with Crippen LogP contribution in [0.1, 0.15) is 18.1 Å². The molecule has 1 fully saturated rings. The molecule has 1 saturated heterocycles. The molecule has 4 rings (SSSR count). The van der Waals surface area contributed by atoms with Crippen LogP contribution in [0.3, 0.4) is 0 Å². The summed E-state index contributed by atoms with van der Waals surface area (Å²) >= 11 is 0. The van der Waals surface area contributed by atoms with Crippen LogP contribution in [0, 0.1) is 0 Å². The molecule has 2 N–H and O–H groups in total. The Labute approximate surface area is 118 Å². The number of aliphatic hydroxyl groups excluding tert-OH is 1. The van der Waals surface area contributed by atoms with Crippen LogP contribution in [0.4, 0.5) is 5.69 Å². The third kappa shape index (κ3) is 1.82. The normalized spacial score (nSPS) is 27.6. The molecule has 2 aliphatic rings. The van der Waals surface area contributed by atoms with Gasteiger partial charge in [0.25, 0.3) is 0 Å². The van der Waals surface area contributed by atoms with E-state index in [1.54, 1.807) is 0 Å². The van der Waals surface area contributed by atoms with Gasteiger partial charge < -0.3 is 15.2 Å². The van der Waals surface area contributed by atoms with Crippen molar-refractivity contribution in [2.75, 3.05) is 11.9 Å². The van der Waals surface area contributed by atoms with E-state index in [1.807, 2.05) is 18.2 Å². The molecule has 20 heavy (non-hydrogen) atoms. The summed E-state index contributed by atoms with van der Waals surface area (Å²) in [4.78, 5) is 0. The second-order valence-electron chi connectivity index (χ2n) is 5.51. The first kappa shape index (κ1) is 11.9. The second kappa shape index (κ2) is 4.62. The molecule has 0 spiro atoms. The highest BCUT2D eigenvalue weighted by molar-refractivity contribution is 5.81. The van der Waals surface area contributed by atoms with E-state index in [4.69, 9.17) is 4.74 Å². The molecule has 3 nitrogen and oxygen atoms in total. The van der Waals surface area contributed by atoms with Gasteiger partial charge in [0.1, 0.15) is 0 Å². The number of anilines is 1. The second-order valence-corrected chi connectivity index (χ2v) is 5.51. The zero-order valence-corrected chi connectivity index (χ0v) is 11.1. The molecule has 3 atom stereocenters. The van der Waals surface area contributed by atoms with Gasteiger partial charge in [0, 0.05) is 23.2 Å². The Kier molecular flexibility index (Phi) is 2.76. The molecule has 2 aromatic carbocycles. The lowest BCUT2D eigenvalue weighted by molar-refractivity contribution is -0.0671. The minimum absolute atomic E-state index is 0.0890. The summed E-state index contributed by atoms with van der Waals surface area (Å²) in [5.41, 5.74) is 4.68. The number of hydrogen-bond donors (Lipinski definition) is 2. The van der Waals surface area contributed by atoms with Crippen molar-refractivity contribution in [2.45, 2.75) is 24.7 Å². The van der Waals surface area contributed by atoms with Crippen molar-refractivity contribution < 1.29 is 9.84 Å². The number of aliphatic hydroxyl groups is 1. The quantitative estimate of drug-likeness (QED) is 0.834. The maximum atomic E-state index is 10.0. The molecule has 3 heteroatoms. The molecule has 0 aromatic heterocycles. The summed E-state index contributed by atoms with van der Waals surface area (Å²) in [6, 6.07) is 16.7. The third-order valence-corrected chi connectivity index (χ3v) is 4.26. The molecule has 2 aromatic rings. The molecule has 0 amide bonds. The Morgan fingerprint density at radius 3 is 2.75 bits per heavy atom. The number of ether oxygens (including phenoxy) is 1. The molecular weight excluding hydrogens is 250 g/mol. The monoisotopic (exact) mass is 267 g/mol. The highest BCUT2D eigenvalue weighted by Gasteiger charge is 2.37. The van der Waals surface area contributed by atoms with Crippen LogP contribution < -0.4 is 5.32 Å². The fourth-order valence-electron chi connectivity index (χ4n) is 3.20. The lowest BCUT2D eigenvalue weighted by atomic mass is 9.87. The Hall–Kier alpha value is -1.84. The van der Waals surface area contributed by atoms with Crippen molar-refractivity contribution in [3.8, 4) is 11.1 Å². The molecular formula is C17H17NO2. The first-order valence-corrected chi connectivity index (χ1v) is 7.07.